The highest BCUT2D eigenvalue weighted by Gasteiger charge is 2.34. The van der Waals surface area contributed by atoms with Crippen LogP contribution in [0.4, 0.5) is 24.9 Å². The molecule has 28 heavy (non-hydrogen) atoms. The molecule has 1 aromatic heterocycles. The lowest BCUT2D eigenvalue weighted by Gasteiger charge is -2.28. The minimum atomic E-state index is -4.57. The third-order valence-electron chi connectivity index (χ3n) is 4.27. The van der Waals surface area contributed by atoms with Gasteiger partial charge in [-0.05, 0) is 49.2 Å². The zero-order chi connectivity index (χ0) is 20.1. The third-order valence-corrected chi connectivity index (χ3v) is 4.77. The molecule has 1 fully saturated rings. The molecule has 0 atom stereocenters. The summed E-state index contributed by atoms with van der Waals surface area (Å²) in [6, 6.07) is 8.13. The maximum absolute atomic E-state index is 13.3. The Morgan fingerprint density at radius 2 is 1.79 bits per heavy atom. The van der Waals surface area contributed by atoms with Crippen molar-refractivity contribution in [3.63, 3.8) is 0 Å². The van der Waals surface area contributed by atoms with Crippen molar-refractivity contribution in [3.8, 4) is 0 Å². The number of halogens is 4. The van der Waals surface area contributed by atoms with E-state index in [1.54, 1.807) is 12.1 Å². The van der Waals surface area contributed by atoms with Gasteiger partial charge >= 0.3 is 6.18 Å². The maximum Gasteiger partial charge on any atom is 0.433 e. The summed E-state index contributed by atoms with van der Waals surface area (Å²) in [6.07, 6.45) is -1.65. The second kappa shape index (κ2) is 8.91. The summed E-state index contributed by atoms with van der Waals surface area (Å²) in [6.45, 7) is 1.74. The number of anilines is 2. The first-order valence-corrected chi connectivity index (χ1v) is 9.60. The Hall–Kier alpha value is -2.13. The first-order valence-electron chi connectivity index (χ1n) is 8.82. The summed E-state index contributed by atoms with van der Waals surface area (Å²) < 4.78 is 39.8. The van der Waals surface area contributed by atoms with Gasteiger partial charge in [0, 0.05) is 30.7 Å². The van der Waals surface area contributed by atoms with E-state index in [2.05, 4.69) is 20.6 Å². The van der Waals surface area contributed by atoms with Crippen molar-refractivity contribution < 1.29 is 13.2 Å². The van der Waals surface area contributed by atoms with E-state index >= 15 is 0 Å². The predicted molar refractivity (Wildman–Crippen MR) is 108 cm³/mol. The molecule has 1 aliphatic rings. The van der Waals surface area contributed by atoms with E-state index in [0.29, 0.717) is 24.7 Å². The number of rotatable bonds is 4. The predicted octanol–water partition coefficient (Wildman–Crippen LogP) is 4.63. The summed E-state index contributed by atoms with van der Waals surface area (Å²) >= 11 is 11.0. The van der Waals surface area contributed by atoms with Crippen molar-refractivity contribution in [3.05, 3.63) is 46.6 Å². The summed E-state index contributed by atoms with van der Waals surface area (Å²) in [5.41, 5.74) is -0.0707. The van der Waals surface area contributed by atoms with Crippen molar-refractivity contribution in [2.45, 2.75) is 32.0 Å². The van der Waals surface area contributed by atoms with Gasteiger partial charge in [0.2, 0.25) is 5.95 Å². The van der Waals surface area contributed by atoms with Gasteiger partial charge in [0.1, 0.15) is 5.82 Å². The molecule has 2 heterocycles. The van der Waals surface area contributed by atoms with E-state index in [1.165, 1.54) is 0 Å². The highest BCUT2D eigenvalue weighted by Crippen LogP contribution is 2.31. The summed E-state index contributed by atoms with van der Waals surface area (Å²) in [4.78, 5) is 9.67. The van der Waals surface area contributed by atoms with Crippen LogP contribution in [0.2, 0.25) is 5.02 Å². The average molecular weight is 430 g/mol. The fraction of sp³-hybridized carbons (Fsp3) is 0.389. The maximum atomic E-state index is 13.3. The van der Waals surface area contributed by atoms with Gasteiger partial charge in [0.15, 0.2) is 10.8 Å². The minimum absolute atomic E-state index is 0.138. The third kappa shape index (κ3) is 5.68. The van der Waals surface area contributed by atoms with Crippen molar-refractivity contribution in [1.29, 1.82) is 0 Å². The Labute approximate surface area is 171 Å². The SMILES string of the molecule is FC(F)(F)c1cc(N2CCCCC2)nc(NC(=S)NCc2ccc(Cl)cc2)n1. The highest BCUT2D eigenvalue weighted by atomic mass is 35.5. The second-order valence-corrected chi connectivity index (χ2v) is 7.26. The molecular formula is C18H19ClF3N5S. The van der Waals surface area contributed by atoms with E-state index in [1.807, 2.05) is 17.0 Å². The second-order valence-electron chi connectivity index (χ2n) is 6.41. The zero-order valence-corrected chi connectivity index (χ0v) is 16.5. The van der Waals surface area contributed by atoms with Crippen LogP contribution in [0, 0.1) is 0 Å². The molecule has 3 rings (SSSR count). The number of piperidine rings is 1. The lowest BCUT2D eigenvalue weighted by molar-refractivity contribution is -0.141. The van der Waals surface area contributed by atoms with Crippen LogP contribution in [-0.2, 0) is 12.7 Å². The van der Waals surface area contributed by atoms with Gasteiger partial charge < -0.3 is 15.5 Å². The first kappa shape index (κ1) is 20.6. The number of hydrogen-bond acceptors (Lipinski definition) is 4. The zero-order valence-electron chi connectivity index (χ0n) is 14.9. The van der Waals surface area contributed by atoms with Gasteiger partial charge in [-0.25, -0.2) is 4.98 Å². The number of nitrogens with one attached hydrogen (secondary N) is 2. The number of hydrogen-bond donors (Lipinski definition) is 2. The molecule has 2 aromatic rings. The molecule has 150 valence electrons. The lowest BCUT2D eigenvalue weighted by atomic mass is 10.1. The summed E-state index contributed by atoms with van der Waals surface area (Å²) in [5, 5.41) is 6.34. The Kier molecular flexibility index (Phi) is 6.56. The van der Waals surface area contributed by atoms with Crippen molar-refractivity contribution in [2.75, 3.05) is 23.3 Å². The molecular weight excluding hydrogens is 411 g/mol. The molecule has 0 amide bonds. The Bertz CT molecular complexity index is 823. The van der Waals surface area contributed by atoms with Crippen LogP contribution in [-0.4, -0.2) is 28.2 Å². The highest BCUT2D eigenvalue weighted by molar-refractivity contribution is 7.80. The number of aromatic nitrogens is 2. The van der Waals surface area contributed by atoms with Crippen LogP contribution in [0.25, 0.3) is 0 Å². The van der Waals surface area contributed by atoms with E-state index in [9.17, 15) is 13.2 Å². The van der Waals surface area contributed by atoms with Crippen LogP contribution >= 0.6 is 23.8 Å². The van der Waals surface area contributed by atoms with E-state index in [0.717, 1.165) is 30.9 Å². The molecule has 1 aromatic carbocycles. The fourth-order valence-corrected chi connectivity index (χ4v) is 3.14. The molecule has 1 saturated heterocycles. The molecule has 0 bridgehead atoms. The van der Waals surface area contributed by atoms with Crippen LogP contribution in [0.5, 0.6) is 0 Å². The van der Waals surface area contributed by atoms with E-state index in [4.69, 9.17) is 23.8 Å². The summed E-state index contributed by atoms with van der Waals surface area (Å²) in [5.74, 6) is 0.0778. The average Bonchev–Trinajstić information content (AvgIpc) is 2.67. The topological polar surface area (TPSA) is 53.1 Å². The molecule has 0 radical (unpaired) electrons. The molecule has 1 aliphatic heterocycles. The first-order chi connectivity index (χ1) is 13.3. The molecule has 0 unspecified atom stereocenters. The molecule has 10 heteroatoms. The van der Waals surface area contributed by atoms with Crippen molar-refractivity contribution >= 4 is 40.7 Å². The van der Waals surface area contributed by atoms with Crippen LogP contribution in [0.15, 0.2) is 30.3 Å². The molecule has 5 nitrogen and oxygen atoms in total. The van der Waals surface area contributed by atoms with Crippen molar-refractivity contribution in [2.24, 2.45) is 0 Å². The monoisotopic (exact) mass is 429 g/mol. The Morgan fingerprint density at radius 3 is 2.43 bits per heavy atom. The smallest absolute Gasteiger partial charge is 0.358 e. The van der Waals surface area contributed by atoms with Gasteiger partial charge in [0.25, 0.3) is 0 Å². The van der Waals surface area contributed by atoms with Crippen LogP contribution in [0.3, 0.4) is 0 Å². The van der Waals surface area contributed by atoms with Gasteiger partial charge in [-0.3, -0.25) is 0 Å². The Morgan fingerprint density at radius 1 is 1.11 bits per heavy atom. The molecule has 0 spiro atoms. The number of alkyl halides is 3. The Balaban J connectivity index is 1.72. The normalized spacial score (nSPS) is 14.6. The lowest BCUT2D eigenvalue weighted by Crippen LogP contribution is -2.32. The standard InChI is InChI=1S/C18H19ClF3N5S/c19-13-6-4-12(5-7-13)11-23-17(28)26-16-24-14(18(20,21)22)10-15(25-16)27-8-2-1-3-9-27/h4-7,10H,1-3,8-9,11H2,(H2,23,24,25,26,28). The largest absolute Gasteiger partial charge is 0.433 e. The van der Waals surface area contributed by atoms with Crippen LogP contribution in [0.1, 0.15) is 30.5 Å². The number of benzene rings is 1. The summed E-state index contributed by atoms with van der Waals surface area (Å²) in [7, 11) is 0. The number of nitrogens with zero attached hydrogens (tertiary/aromatic N) is 3. The van der Waals surface area contributed by atoms with Crippen molar-refractivity contribution in [1.82, 2.24) is 15.3 Å². The number of thiocarbonyl (C=S) groups is 1. The fourth-order valence-electron chi connectivity index (χ4n) is 2.85. The molecule has 0 aliphatic carbocycles. The van der Waals surface area contributed by atoms with E-state index in [-0.39, 0.29) is 16.9 Å². The van der Waals surface area contributed by atoms with Crippen LogP contribution < -0.4 is 15.5 Å². The van der Waals surface area contributed by atoms with Gasteiger partial charge in [-0.15, -0.1) is 0 Å². The molecule has 0 saturated carbocycles. The van der Waals surface area contributed by atoms with Gasteiger partial charge in [-0.2, -0.15) is 18.2 Å². The van der Waals surface area contributed by atoms with Gasteiger partial charge in [0.05, 0.1) is 0 Å². The van der Waals surface area contributed by atoms with Gasteiger partial charge in [-0.1, -0.05) is 23.7 Å². The van der Waals surface area contributed by atoms with E-state index < -0.39 is 11.9 Å². The quantitative estimate of drug-likeness (QED) is 0.691. The minimum Gasteiger partial charge on any atom is -0.358 e. The molecule has 2 N–H and O–H groups in total.